The first kappa shape index (κ1) is 17.2. The first-order chi connectivity index (χ1) is 13.1. The molecule has 7 heteroatoms. The first-order valence-corrected chi connectivity index (χ1v) is 8.91. The topological polar surface area (TPSA) is 81.9 Å². The van der Waals surface area contributed by atoms with Gasteiger partial charge in [-0.1, -0.05) is 12.1 Å². The summed E-state index contributed by atoms with van der Waals surface area (Å²) in [5.41, 5.74) is 3.99. The Bertz CT molecular complexity index is 978. The van der Waals surface area contributed by atoms with Crippen molar-refractivity contribution >= 4 is 5.91 Å². The van der Waals surface area contributed by atoms with Crippen LogP contribution in [-0.2, 0) is 13.6 Å². The van der Waals surface area contributed by atoms with Gasteiger partial charge in [0.2, 0.25) is 0 Å². The number of hydrogen-bond acceptors (Lipinski definition) is 5. The molecule has 4 rings (SSSR count). The van der Waals surface area contributed by atoms with E-state index in [-0.39, 0.29) is 5.91 Å². The summed E-state index contributed by atoms with van der Waals surface area (Å²) in [5.74, 6) is 1.12. The Morgan fingerprint density at radius 2 is 2.11 bits per heavy atom. The fourth-order valence-electron chi connectivity index (χ4n) is 2.98. The molecule has 1 aliphatic rings. The molecule has 27 heavy (non-hydrogen) atoms. The van der Waals surface area contributed by atoms with Crippen LogP contribution >= 0.6 is 0 Å². The van der Waals surface area contributed by atoms with Crippen LogP contribution in [0.5, 0.6) is 5.75 Å². The minimum absolute atomic E-state index is 0.189. The predicted octanol–water partition coefficient (Wildman–Crippen LogP) is 2.69. The number of methoxy groups -OCH3 is 1. The standard InChI is InChI=1S/C20H21N5O2/c1-25-19(10-18(24-25)14-4-3-5-16(8-14)27-2)20(26)21-11-15-9-17(13-6-7-13)23-12-22-15/h3-5,8-10,12-13H,6-7,11H2,1-2H3,(H,21,26). The van der Waals surface area contributed by atoms with Crippen LogP contribution in [0.2, 0.25) is 0 Å². The highest BCUT2D eigenvalue weighted by atomic mass is 16.5. The molecular weight excluding hydrogens is 342 g/mol. The second kappa shape index (κ2) is 7.19. The van der Waals surface area contributed by atoms with E-state index in [1.807, 2.05) is 30.3 Å². The lowest BCUT2D eigenvalue weighted by molar-refractivity contribution is 0.0941. The summed E-state index contributed by atoms with van der Waals surface area (Å²) < 4.78 is 6.84. The molecule has 0 aliphatic heterocycles. The average Bonchev–Trinajstić information content (AvgIpc) is 3.48. The third-order valence-electron chi connectivity index (χ3n) is 4.65. The smallest absolute Gasteiger partial charge is 0.269 e. The Morgan fingerprint density at radius 1 is 1.26 bits per heavy atom. The number of amides is 1. The molecule has 0 radical (unpaired) electrons. The van der Waals surface area contributed by atoms with E-state index in [0.717, 1.165) is 28.4 Å². The minimum Gasteiger partial charge on any atom is -0.497 e. The van der Waals surface area contributed by atoms with Gasteiger partial charge in [0.15, 0.2) is 0 Å². The number of carbonyl (C=O) groups excluding carboxylic acids is 1. The van der Waals surface area contributed by atoms with E-state index in [2.05, 4.69) is 20.4 Å². The Hall–Kier alpha value is -3.22. The number of nitrogens with one attached hydrogen (secondary N) is 1. The minimum atomic E-state index is -0.189. The normalized spacial score (nSPS) is 13.4. The largest absolute Gasteiger partial charge is 0.497 e. The van der Waals surface area contributed by atoms with Gasteiger partial charge in [0, 0.05) is 24.2 Å². The third-order valence-corrected chi connectivity index (χ3v) is 4.65. The molecule has 1 N–H and O–H groups in total. The highest BCUT2D eigenvalue weighted by Crippen LogP contribution is 2.38. The molecule has 138 valence electrons. The molecule has 2 heterocycles. The number of benzene rings is 1. The number of aryl methyl sites for hydroxylation is 1. The Balaban J connectivity index is 1.47. The molecule has 0 unspecified atom stereocenters. The monoisotopic (exact) mass is 363 g/mol. The zero-order valence-electron chi connectivity index (χ0n) is 15.3. The number of ether oxygens (including phenoxy) is 1. The van der Waals surface area contributed by atoms with Crippen molar-refractivity contribution < 1.29 is 9.53 Å². The van der Waals surface area contributed by atoms with Crippen molar-refractivity contribution in [2.24, 2.45) is 7.05 Å². The molecule has 2 aromatic heterocycles. The molecule has 0 saturated heterocycles. The third kappa shape index (κ3) is 3.81. The molecule has 1 fully saturated rings. The maximum atomic E-state index is 12.6. The van der Waals surface area contributed by atoms with Gasteiger partial charge in [0.25, 0.3) is 5.91 Å². The maximum absolute atomic E-state index is 12.6. The summed E-state index contributed by atoms with van der Waals surface area (Å²) in [4.78, 5) is 21.1. The van der Waals surface area contributed by atoms with Crippen LogP contribution in [0.25, 0.3) is 11.3 Å². The van der Waals surface area contributed by atoms with Crippen molar-refractivity contribution in [2.75, 3.05) is 7.11 Å². The average molecular weight is 363 g/mol. The van der Waals surface area contributed by atoms with Crippen LogP contribution in [0.15, 0.2) is 42.7 Å². The van der Waals surface area contributed by atoms with Gasteiger partial charge in [-0.25, -0.2) is 9.97 Å². The van der Waals surface area contributed by atoms with E-state index >= 15 is 0 Å². The first-order valence-electron chi connectivity index (χ1n) is 8.91. The van der Waals surface area contributed by atoms with Crippen LogP contribution < -0.4 is 10.1 Å². The number of rotatable bonds is 6. The van der Waals surface area contributed by atoms with Gasteiger partial charge < -0.3 is 10.1 Å². The van der Waals surface area contributed by atoms with Crippen LogP contribution in [0, 0.1) is 0 Å². The summed E-state index contributed by atoms with van der Waals surface area (Å²) in [6, 6.07) is 11.4. The molecular formula is C20H21N5O2. The molecule has 3 aromatic rings. The van der Waals surface area contributed by atoms with Crippen LogP contribution in [-0.4, -0.2) is 32.8 Å². The van der Waals surface area contributed by atoms with Gasteiger partial charge in [0.05, 0.1) is 25.0 Å². The molecule has 0 spiro atoms. The van der Waals surface area contributed by atoms with E-state index in [9.17, 15) is 4.79 Å². The SMILES string of the molecule is COc1cccc(-c2cc(C(=O)NCc3cc(C4CC4)ncn3)n(C)n2)c1. The van der Waals surface area contributed by atoms with Crippen molar-refractivity contribution in [1.29, 1.82) is 0 Å². The summed E-state index contributed by atoms with van der Waals surface area (Å²) in [7, 11) is 3.38. The summed E-state index contributed by atoms with van der Waals surface area (Å²) >= 11 is 0. The highest BCUT2D eigenvalue weighted by molar-refractivity contribution is 5.93. The molecule has 0 atom stereocenters. The summed E-state index contributed by atoms with van der Waals surface area (Å²) in [6.45, 7) is 0.362. The zero-order chi connectivity index (χ0) is 18.8. The van der Waals surface area contributed by atoms with Gasteiger partial charge in [0.1, 0.15) is 17.8 Å². The number of hydrogen-bond donors (Lipinski definition) is 1. The number of carbonyl (C=O) groups is 1. The zero-order valence-corrected chi connectivity index (χ0v) is 15.3. The van der Waals surface area contributed by atoms with Crippen molar-refractivity contribution in [1.82, 2.24) is 25.1 Å². The Morgan fingerprint density at radius 3 is 2.89 bits per heavy atom. The molecule has 0 bridgehead atoms. The highest BCUT2D eigenvalue weighted by Gasteiger charge is 2.25. The molecule has 1 aromatic carbocycles. The lowest BCUT2D eigenvalue weighted by Crippen LogP contribution is -2.25. The van der Waals surface area contributed by atoms with Crippen molar-refractivity contribution in [2.45, 2.75) is 25.3 Å². The van der Waals surface area contributed by atoms with Gasteiger partial charge in [-0.2, -0.15) is 5.10 Å². The fourth-order valence-corrected chi connectivity index (χ4v) is 2.98. The van der Waals surface area contributed by atoms with Crippen LogP contribution in [0.1, 0.15) is 40.6 Å². The van der Waals surface area contributed by atoms with Gasteiger partial charge in [-0.15, -0.1) is 0 Å². The van der Waals surface area contributed by atoms with Crippen molar-refractivity contribution in [3.8, 4) is 17.0 Å². The molecule has 1 amide bonds. The predicted molar refractivity (Wildman–Crippen MR) is 100 cm³/mol. The van der Waals surface area contributed by atoms with Crippen LogP contribution in [0.3, 0.4) is 0 Å². The Labute approximate surface area is 157 Å². The Kier molecular flexibility index (Phi) is 4.58. The summed E-state index contributed by atoms with van der Waals surface area (Å²) in [5, 5.41) is 7.37. The summed E-state index contributed by atoms with van der Waals surface area (Å²) in [6.07, 6.45) is 3.94. The van der Waals surface area contributed by atoms with Crippen molar-refractivity contribution in [3.63, 3.8) is 0 Å². The lowest BCUT2D eigenvalue weighted by atomic mass is 10.1. The second-order valence-electron chi connectivity index (χ2n) is 6.66. The van der Waals surface area contributed by atoms with E-state index in [0.29, 0.717) is 18.2 Å². The number of nitrogens with zero attached hydrogens (tertiary/aromatic N) is 4. The van der Waals surface area contributed by atoms with E-state index < -0.39 is 0 Å². The van der Waals surface area contributed by atoms with E-state index in [1.54, 1.807) is 31.2 Å². The van der Waals surface area contributed by atoms with Crippen molar-refractivity contribution in [3.05, 3.63) is 59.8 Å². The fraction of sp³-hybridized carbons (Fsp3) is 0.300. The van der Waals surface area contributed by atoms with E-state index in [4.69, 9.17) is 4.74 Å². The van der Waals surface area contributed by atoms with E-state index in [1.165, 1.54) is 12.8 Å². The molecule has 7 nitrogen and oxygen atoms in total. The number of aromatic nitrogens is 4. The quantitative estimate of drug-likeness (QED) is 0.728. The van der Waals surface area contributed by atoms with Gasteiger partial charge in [-0.05, 0) is 37.1 Å². The molecule has 1 aliphatic carbocycles. The van der Waals surface area contributed by atoms with Gasteiger partial charge in [-0.3, -0.25) is 9.48 Å². The maximum Gasteiger partial charge on any atom is 0.269 e. The second-order valence-corrected chi connectivity index (χ2v) is 6.66. The van der Waals surface area contributed by atoms with Crippen LogP contribution in [0.4, 0.5) is 0 Å². The van der Waals surface area contributed by atoms with Gasteiger partial charge >= 0.3 is 0 Å². The lowest BCUT2D eigenvalue weighted by Gasteiger charge is -2.06. The molecule has 1 saturated carbocycles.